The van der Waals surface area contributed by atoms with Crippen LogP contribution in [0.1, 0.15) is 6.92 Å². The standard InChI is InChI=1S/C8H12NO/c1-3-9(2)6-4-8(10)5-7-9/h4-7H,3H2,1-2H3/q+1. The van der Waals surface area contributed by atoms with Gasteiger partial charge in [0.25, 0.3) is 0 Å². The van der Waals surface area contributed by atoms with E-state index in [4.69, 9.17) is 0 Å². The van der Waals surface area contributed by atoms with Gasteiger partial charge in [-0.15, -0.1) is 0 Å². The number of carbonyl (C=O) groups is 1. The van der Waals surface area contributed by atoms with Crippen LogP contribution in [-0.4, -0.2) is 23.9 Å². The fourth-order valence-corrected chi connectivity index (χ4v) is 0.804. The number of allylic oxidation sites excluding steroid dienone is 2. The van der Waals surface area contributed by atoms with Crippen molar-refractivity contribution in [3.63, 3.8) is 0 Å². The number of hydrogen-bond acceptors (Lipinski definition) is 1. The van der Waals surface area contributed by atoms with E-state index < -0.39 is 0 Å². The normalized spacial score (nSPS) is 21.6. The summed E-state index contributed by atoms with van der Waals surface area (Å²) in [6.07, 6.45) is 7.04. The molecule has 0 saturated heterocycles. The molecule has 1 aliphatic heterocycles. The Balaban J connectivity index is 2.78. The molecule has 0 spiro atoms. The molecule has 0 aliphatic carbocycles. The highest BCUT2D eigenvalue weighted by atomic mass is 16.1. The lowest BCUT2D eigenvalue weighted by Crippen LogP contribution is -2.33. The van der Waals surface area contributed by atoms with Gasteiger partial charge < -0.3 is 0 Å². The second kappa shape index (κ2) is 2.39. The van der Waals surface area contributed by atoms with Gasteiger partial charge in [-0.2, -0.15) is 0 Å². The topological polar surface area (TPSA) is 17.1 Å². The second-order valence-electron chi connectivity index (χ2n) is 2.70. The molecular weight excluding hydrogens is 126 g/mol. The fourth-order valence-electron chi connectivity index (χ4n) is 0.804. The van der Waals surface area contributed by atoms with Crippen molar-refractivity contribution in [2.24, 2.45) is 0 Å². The minimum absolute atomic E-state index is 0.0871. The summed E-state index contributed by atoms with van der Waals surface area (Å²) in [7, 11) is 2.06. The van der Waals surface area contributed by atoms with Crippen molar-refractivity contribution in [3.8, 4) is 0 Å². The molecule has 1 heterocycles. The lowest BCUT2D eigenvalue weighted by Gasteiger charge is -2.24. The van der Waals surface area contributed by atoms with E-state index in [9.17, 15) is 4.79 Å². The Hall–Kier alpha value is -0.890. The number of nitrogens with zero attached hydrogens (tertiary/aromatic N) is 1. The van der Waals surface area contributed by atoms with Crippen molar-refractivity contribution in [3.05, 3.63) is 24.6 Å². The van der Waals surface area contributed by atoms with Crippen LogP contribution in [0, 0.1) is 0 Å². The van der Waals surface area contributed by atoms with Gasteiger partial charge in [-0.1, -0.05) is 0 Å². The van der Waals surface area contributed by atoms with Gasteiger partial charge in [-0.05, 0) is 6.92 Å². The molecule has 2 heteroatoms. The molecule has 0 aromatic carbocycles. The predicted molar refractivity (Wildman–Crippen MR) is 40.0 cm³/mol. The first-order valence-electron chi connectivity index (χ1n) is 3.44. The summed E-state index contributed by atoms with van der Waals surface area (Å²) in [5.41, 5.74) is 0. The highest BCUT2D eigenvalue weighted by molar-refractivity contribution is 5.99. The highest BCUT2D eigenvalue weighted by Crippen LogP contribution is 2.08. The summed E-state index contributed by atoms with van der Waals surface area (Å²) in [5, 5.41) is 0. The van der Waals surface area contributed by atoms with Gasteiger partial charge in [0.2, 0.25) is 0 Å². The fraction of sp³-hybridized carbons (Fsp3) is 0.375. The van der Waals surface area contributed by atoms with Gasteiger partial charge in [-0.3, -0.25) is 9.28 Å². The molecule has 0 aromatic heterocycles. The van der Waals surface area contributed by atoms with E-state index >= 15 is 0 Å². The summed E-state index contributed by atoms with van der Waals surface area (Å²) >= 11 is 0. The lowest BCUT2D eigenvalue weighted by molar-refractivity contribution is -0.804. The molecule has 2 nitrogen and oxygen atoms in total. The molecule has 1 aliphatic rings. The van der Waals surface area contributed by atoms with Gasteiger partial charge in [0.05, 0.1) is 13.6 Å². The summed E-state index contributed by atoms with van der Waals surface area (Å²) in [4.78, 5) is 10.7. The molecule has 0 saturated carbocycles. The summed E-state index contributed by atoms with van der Waals surface area (Å²) in [6, 6.07) is 0. The third kappa shape index (κ3) is 1.33. The zero-order valence-corrected chi connectivity index (χ0v) is 6.37. The Morgan fingerprint density at radius 2 is 1.90 bits per heavy atom. The molecule has 0 fully saturated rings. The van der Waals surface area contributed by atoms with Crippen molar-refractivity contribution in [2.45, 2.75) is 6.92 Å². The molecule has 10 heavy (non-hydrogen) atoms. The SMILES string of the molecule is CC[N+]1(C)C=CC(=O)C=C1. The van der Waals surface area contributed by atoms with Crippen molar-refractivity contribution in [1.82, 2.24) is 0 Å². The lowest BCUT2D eigenvalue weighted by atomic mass is 10.3. The molecule has 0 amide bonds. The molecule has 0 N–H and O–H groups in total. The molecule has 54 valence electrons. The maximum Gasteiger partial charge on any atom is 0.189 e. The van der Waals surface area contributed by atoms with Crippen LogP contribution in [0.15, 0.2) is 24.6 Å². The Morgan fingerprint density at radius 3 is 2.30 bits per heavy atom. The molecule has 1 rings (SSSR count). The van der Waals surface area contributed by atoms with E-state index in [-0.39, 0.29) is 5.78 Å². The predicted octanol–water partition coefficient (Wildman–Crippen LogP) is 1.06. The van der Waals surface area contributed by atoms with Crippen molar-refractivity contribution < 1.29 is 9.28 Å². The number of hydrogen-bond donors (Lipinski definition) is 0. The number of carbonyl (C=O) groups excluding carboxylic acids is 1. The first-order valence-corrected chi connectivity index (χ1v) is 3.44. The Morgan fingerprint density at radius 1 is 1.40 bits per heavy atom. The van der Waals surface area contributed by atoms with Gasteiger partial charge in [0, 0.05) is 12.2 Å². The molecular formula is C8H12NO+. The Labute approximate surface area is 61.0 Å². The average molecular weight is 138 g/mol. The van der Waals surface area contributed by atoms with E-state index in [0.717, 1.165) is 11.0 Å². The van der Waals surface area contributed by atoms with E-state index in [1.54, 1.807) is 12.2 Å². The third-order valence-corrected chi connectivity index (χ3v) is 1.84. The Bertz CT molecular complexity index is 187. The quantitative estimate of drug-likeness (QED) is 0.495. The van der Waals surface area contributed by atoms with Crippen molar-refractivity contribution in [2.75, 3.05) is 13.6 Å². The van der Waals surface area contributed by atoms with Crippen LogP contribution in [0.2, 0.25) is 0 Å². The molecule has 0 atom stereocenters. The van der Waals surface area contributed by atoms with Gasteiger partial charge in [0.1, 0.15) is 12.4 Å². The van der Waals surface area contributed by atoms with Crippen LogP contribution in [0.4, 0.5) is 0 Å². The first kappa shape index (κ1) is 7.22. The van der Waals surface area contributed by atoms with E-state index in [0.29, 0.717) is 0 Å². The third-order valence-electron chi connectivity index (χ3n) is 1.84. The minimum Gasteiger partial charge on any atom is -0.290 e. The largest absolute Gasteiger partial charge is 0.290 e. The minimum atomic E-state index is 0.0871. The van der Waals surface area contributed by atoms with Crippen LogP contribution in [-0.2, 0) is 4.79 Å². The highest BCUT2D eigenvalue weighted by Gasteiger charge is 2.15. The van der Waals surface area contributed by atoms with E-state index in [1.165, 1.54) is 0 Å². The molecule has 0 radical (unpaired) electrons. The van der Waals surface area contributed by atoms with Crippen LogP contribution in [0.3, 0.4) is 0 Å². The smallest absolute Gasteiger partial charge is 0.189 e. The summed E-state index contributed by atoms with van der Waals surface area (Å²) in [5.74, 6) is 0.0871. The summed E-state index contributed by atoms with van der Waals surface area (Å²) < 4.78 is 0.728. The monoisotopic (exact) mass is 138 g/mol. The number of ketones is 1. The summed E-state index contributed by atoms with van der Waals surface area (Å²) in [6.45, 7) is 3.07. The van der Waals surface area contributed by atoms with Crippen LogP contribution in [0.5, 0.6) is 0 Å². The molecule has 0 unspecified atom stereocenters. The number of rotatable bonds is 1. The van der Waals surface area contributed by atoms with Crippen LogP contribution < -0.4 is 0 Å². The van der Waals surface area contributed by atoms with Gasteiger partial charge >= 0.3 is 0 Å². The van der Waals surface area contributed by atoms with Crippen molar-refractivity contribution >= 4 is 5.78 Å². The van der Waals surface area contributed by atoms with Gasteiger partial charge in [0.15, 0.2) is 5.78 Å². The van der Waals surface area contributed by atoms with E-state index in [2.05, 4.69) is 14.0 Å². The maximum absolute atomic E-state index is 10.7. The first-order chi connectivity index (χ1) is 4.66. The van der Waals surface area contributed by atoms with E-state index in [1.807, 2.05) is 12.4 Å². The zero-order chi connectivity index (χ0) is 7.61. The second-order valence-corrected chi connectivity index (χ2v) is 2.70. The zero-order valence-electron chi connectivity index (χ0n) is 6.37. The van der Waals surface area contributed by atoms with Crippen molar-refractivity contribution in [1.29, 1.82) is 0 Å². The van der Waals surface area contributed by atoms with Crippen LogP contribution in [0.25, 0.3) is 0 Å². The maximum atomic E-state index is 10.7. The Kier molecular flexibility index (Phi) is 1.72. The molecule has 0 bridgehead atoms. The molecule has 0 aromatic rings. The number of quaternary nitrogens is 1. The average Bonchev–Trinajstić information content (AvgIpc) is 1.96. The van der Waals surface area contributed by atoms with Gasteiger partial charge in [-0.25, -0.2) is 0 Å². The van der Waals surface area contributed by atoms with Crippen LogP contribution >= 0.6 is 0 Å².